The van der Waals surface area contributed by atoms with Gasteiger partial charge in [0.25, 0.3) is 0 Å². The second-order valence-corrected chi connectivity index (χ2v) is 4.77. The van der Waals surface area contributed by atoms with Gasteiger partial charge >= 0.3 is 0 Å². The summed E-state index contributed by atoms with van der Waals surface area (Å²) in [4.78, 5) is 0. The lowest BCUT2D eigenvalue weighted by Crippen LogP contribution is -2.47. The molecule has 90 valence electrons. The summed E-state index contributed by atoms with van der Waals surface area (Å²) in [5.41, 5.74) is 0. The maximum atomic E-state index is 5.90. The first-order valence-corrected chi connectivity index (χ1v) is 6.64. The lowest BCUT2D eigenvalue weighted by molar-refractivity contribution is -0.0196. The van der Waals surface area contributed by atoms with E-state index in [1.54, 1.807) is 0 Å². The minimum absolute atomic E-state index is 0.459. The Morgan fingerprint density at radius 1 is 1.33 bits per heavy atom. The highest BCUT2D eigenvalue weighted by molar-refractivity contribution is 4.83. The van der Waals surface area contributed by atoms with E-state index >= 15 is 0 Å². The van der Waals surface area contributed by atoms with Crippen LogP contribution in [-0.2, 0) is 4.74 Å². The van der Waals surface area contributed by atoms with Crippen molar-refractivity contribution in [2.45, 2.75) is 65.0 Å². The van der Waals surface area contributed by atoms with E-state index in [0.717, 1.165) is 19.1 Å². The van der Waals surface area contributed by atoms with Crippen molar-refractivity contribution in [3.8, 4) is 0 Å². The molecule has 3 unspecified atom stereocenters. The second-order valence-electron chi connectivity index (χ2n) is 4.77. The minimum atomic E-state index is 0.459. The van der Waals surface area contributed by atoms with Gasteiger partial charge in [0.05, 0.1) is 6.10 Å². The van der Waals surface area contributed by atoms with Crippen LogP contribution < -0.4 is 5.32 Å². The highest BCUT2D eigenvalue weighted by Gasteiger charge is 2.27. The molecule has 1 saturated heterocycles. The molecule has 1 N–H and O–H groups in total. The summed E-state index contributed by atoms with van der Waals surface area (Å²) in [6, 6.07) is 0.565. The third-order valence-electron chi connectivity index (χ3n) is 3.50. The monoisotopic (exact) mass is 213 g/mol. The highest BCUT2D eigenvalue weighted by atomic mass is 16.5. The van der Waals surface area contributed by atoms with Gasteiger partial charge in [-0.3, -0.25) is 0 Å². The molecule has 1 aliphatic heterocycles. The molecular formula is C13H27NO. The fourth-order valence-electron chi connectivity index (χ4n) is 2.31. The predicted octanol–water partition coefficient (Wildman–Crippen LogP) is 2.97. The zero-order valence-corrected chi connectivity index (χ0v) is 10.6. The average Bonchev–Trinajstić information content (AvgIpc) is 2.30. The zero-order valence-electron chi connectivity index (χ0n) is 10.6. The van der Waals surface area contributed by atoms with E-state index in [1.165, 1.54) is 32.1 Å². The van der Waals surface area contributed by atoms with Crippen LogP contribution in [0.2, 0.25) is 0 Å². The van der Waals surface area contributed by atoms with Crippen LogP contribution in [0.15, 0.2) is 0 Å². The molecular weight excluding hydrogens is 186 g/mol. The molecule has 0 radical (unpaired) electrons. The molecule has 0 aliphatic carbocycles. The normalized spacial score (nSPS) is 26.2. The lowest BCUT2D eigenvalue weighted by atomic mass is 9.90. The smallest absolute Gasteiger partial charge is 0.0730 e. The number of hydrogen-bond donors (Lipinski definition) is 1. The number of nitrogens with one attached hydrogen (secondary N) is 1. The van der Waals surface area contributed by atoms with Gasteiger partial charge < -0.3 is 10.1 Å². The van der Waals surface area contributed by atoms with Crippen molar-refractivity contribution in [2.75, 3.05) is 13.2 Å². The van der Waals surface area contributed by atoms with Crippen molar-refractivity contribution in [1.29, 1.82) is 0 Å². The maximum absolute atomic E-state index is 5.90. The first kappa shape index (κ1) is 13.0. The van der Waals surface area contributed by atoms with Gasteiger partial charge in [0.2, 0.25) is 0 Å². The maximum Gasteiger partial charge on any atom is 0.0730 e. The van der Waals surface area contributed by atoms with E-state index in [1.807, 2.05) is 0 Å². The standard InChI is InChI=1S/C13H27NO/c1-4-9-14-13(11(3)5-2)12-8-6-7-10-15-12/h11-14H,4-10H2,1-3H3. The van der Waals surface area contributed by atoms with Crippen LogP contribution in [0, 0.1) is 5.92 Å². The van der Waals surface area contributed by atoms with Gasteiger partial charge in [-0.05, 0) is 38.1 Å². The van der Waals surface area contributed by atoms with Crippen molar-refractivity contribution in [2.24, 2.45) is 5.92 Å². The summed E-state index contributed by atoms with van der Waals surface area (Å²) in [7, 11) is 0. The van der Waals surface area contributed by atoms with Gasteiger partial charge in [0.15, 0.2) is 0 Å². The molecule has 0 aromatic rings. The number of rotatable bonds is 6. The lowest BCUT2D eigenvalue weighted by Gasteiger charge is -2.34. The van der Waals surface area contributed by atoms with Crippen molar-refractivity contribution >= 4 is 0 Å². The van der Waals surface area contributed by atoms with Crippen LogP contribution in [0.4, 0.5) is 0 Å². The van der Waals surface area contributed by atoms with Crippen molar-refractivity contribution in [3.63, 3.8) is 0 Å². The Bertz CT molecular complexity index is 155. The zero-order chi connectivity index (χ0) is 11.1. The molecule has 0 aromatic heterocycles. The highest BCUT2D eigenvalue weighted by Crippen LogP contribution is 2.22. The number of hydrogen-bond acceptors (Lipinski definition) is 2. The van der Waals surface area contributed by atoms with Gasteiger partial charge in [-0.2, -0.15) is 0 Å². The van der Waals surface area contributed by atoms with Crippen LogP contribution in [0.5, 0.6) is 0 Å². The molecule has 1 aliphatic rings. The molecule has 0 spiro atoms. The average molecular weight is 213 g/mol. The van der Waals surface area contributed by atoms with Crippen molar-refractivity contribution in [1.82, 2.24) is 5.32 Å². The molecule has 2 nitrogen and oxygen atoms in total. The molecule has 0 amide bonds. The van der Waals surface area contributed by atoms with E-state index in [9.17, 15) is 0 Å². The summed E-state index contributed by atoms with van der Waals surface area (Å²) in [5, 5.41) is 3.66. The topological polar surface area (TPSA) is 21.3 Å². The van der Waals surface area contributed by atoms with Gasteiger partial charge in [-0.25, -0.2) is 0 Å². The molecule has 1 fully saturated rings. The Morgan fingerprint density at radius 2 is 2.13 bits per heavy atom. The van der Waals surface area contributed by atoms with E-state index in [4.69, 9.17) is 4.74 Å². The fourth-order valence-corrected chi connectivity index (χ4v) is 2.31. The molecule has 0 saturated carbocycles. The molecule has 1 rings (SSSR count). The van der Waals surface area contributed by atoms with Crippen LogP contribution in [0.3, 0.4) is 0 Å². The predicted molar refractivity (Wildman–Crippen MR) is 65.1 cm³/mol. The van der Waals surface area contributed by atoms with Crippen molar-refractivity contribution in [3.05, 3.63) is 0 Å². The Hall–Kier alpha value is -0.0800. The largest absolute Gasteiger partial charge is 0.377 e. The van der Waals surface area contributed by atoms with Gasteiger partial charge in [-0.1, -0.05) is 27.2 Å². The van der Waals surface area contributed by atoms with Crippen molar-refractivity contribution < 1.29 is 4.74 Å². The third kappa shape index (κ3) is 4.12. The van der Waals surface area contributed by atoms with E-state index in [0.29, 0.717) is 12.1 Å². The molecule has 0 aromatic carbocycles. The van der Waals surface area contributed by atoms with E-state index < -0.39 is 0 Å². The summed E-state index contributed by atoms with van der Waals surface area (Å²) < 4.78 is 5.90. The van der Waals surface area contributed by atoms with E-state index in [2.05, 4.69) is 26.1 Å². The van der Waals surface area contributed by atoms with Crippen LogP contribution in [0.1, 0.15) is 52.9 Å². The van der Waals surface area contributed by atoms with Gasteiger partial charge in [0.1, 0.15) is 0 Å². The molecule has 15 heavy (non-hydrogen) atoms. The Balaban J connectivity index is 2.45. The Kier molecular flexibility index (Phi) is 6.26. The Labute approximate surface area is 94.8 Å². The SMILES string of the molecule is CCCNC(C(C)CC)C1CCCCO1. The van der Waals surface area contributed by atoms with Crippen LogP contribution >= 0.6 is 0 Å². The quantitative estimate of drug-likeness (QED) is 0.732. The third-order valence-corrected chi connectivity index (χ3v) is 3.50. The molecule has 3 atom stereocenters. The molecule has 1 heterocycles. The Morgan fingerprint density at radius 3 is 2.67 bits per heavy atom. The summed E-state index contributed by atoms with van der Waals surface area (Å²) in [6.07, 6.45) is 6.73. The summed E-state index contributed by atoms with van der Waals surface area (Å²) in [6.45, 7) is 8.92. The minimum Gasteiger partial charge on any atom is -0.377 e. The van der Waals surface area contributed by atoms with Crippen LogP contribution in [-0.4, -0.2) is 25.3 Å². The second kappa shape index (κ2) is 7.24. The first-order chi connectivity index (χ1) is 7.29. The van der Waals surface area contributed by atoms with Gasteiger partial charge in [-0.15, -0.1) is 0 Å². The fraction of sp³-hybridized carbons (Fsp3) is 1.00. The number of ether oxygens (including phenoxy) is 1. The molecule has 0 bridgehead atoms. The van der Waals surface area contributed by atoms with E-state index in [-0.39, 0.29) is 0 Å². The molecule has 2 heteroatoms. The summed E-state index contributed by atoms with van der Waals surface area (Å²) in [5.74, 6) is 0.722. The van der Waals surface area contributed by atoms with Gasteiger partial charge in [0, 0.05) is 12.6 Å². The summed E-state index contributed by atoms with van der Waals surface area (Å²) >= 11 is 0. The first-order valence-electron chi connectivity index (χ1n) is 6.64. The van der Waals surface area contributed by atoms with Crippen LogP contribution in [0.25, 0.3) is 0 Å².